The molecular weight excluding hydrogens is 176 g/mol. The lowest BCUT2D eigenvalue weighted by molar-refractivity contribution is 0.0599. The Kier molecular flexibility index (Phi) is 3.46. The average Bonchev–Trinajstić information content (AvgIpc) is 2.18. The summed E-state index contributed by atoms with van der Waals surface area (Å²) >= 11 is 0. The number of aryl methyl sites for hydroxylation is 1. The fourth-order valence-electron chi connectivity index (χ4n) is 1.39. The molecule has 0 aromatic heterocycles. The minimum Gasteiger partial charge on any atom is -0.465 e. The zero-order valence-corrected chi connectivity index (χ0v) is 8.70. The Morgan fingerprint density at radius 2 is 2.14 bits per heavy atom. The van der Waals surface area contributed by atoms with Crippen molar-refractivity contribution in [2.45, 2.75) is 13.8 Å². The minimum atomic E-state index is -0.281. The van der Waals surface area contributed by atoms with Gasteiger partial charge in [0.2, 0.25) is 0 Å². The second kappa shape index (κ2) is 4.61. The fourth-order valence-corrected chi connectivity index (χ4v) is 1.39. The van der Waals surface area contributed by atoms with Crippen molar-refractivity contribution in [2.24, 2.45) is 0 Å². The van der Waals surface area contributed by atoms with Gasteiger partial charge in [0.05, 0.1) is 12.7 Å². The number of carbonyl (C=O) groups excluding carboxylic acids is 1. The molecule has 0 radical (unpaired) electrons. The van der Waals surface area contributed by atoms with Crippen LogP contribution in [0.15, 0.2) is 24.3 Å². The molecule has 0 N–H and O–H groups in total. The summed E-state index contributed by atoms with van der Waals surface area (Å²) in [7, 11) is 1.40. The molecule has 0 aliphatic carbocycles. The Labute approximate surface area is 84.2 Å². The van der Waals surface area contributed by atoms with Crippen molar-refractivity contribution < 1.29 is 9.53 Å². The van der Waals surface area contributed by atoms with Gasteiger partial charge >= 0.3 is 5.97 Å². The highest BCUT2D eigenvalue weighted by Crippen LogP contribution is 2.16. The van der Waals surface area contributed by atoms with E-state index in [0.29, 0.717) is 5.56 Å². The quantitative estimate of drug-likeness (QED) is 0.670. The van der Waals surface area contributed by atoms with Crippen LogP contribution in [-0.2, 0) is 4.74 Å². The predicted octanol–water partition coefficient (Wildman–Crippen LogP) is 2.81. The normalized spacial score (nSPS) is 10.5. The maximum absolute atomic E-state index is 11.5. The molecular formula is C12H14O2. The molecule has 74 valence electrons. The summed E-state index contributed by atoms with van der Waals surface area (Å²) in [6, 6.07) is 5.73. The summed E-state index contributed by atoms with van der Waals surface area (Å²) in [5.74, 6) is -0.281. The van der Waals surface area contributed by atoms with E-state index in [-0.39, 0.29) is 5.97 Å². The average molecular weight is 190 g/mol. The number of allylic oxidation sites excluding steroid dienone is 1. The van der Waals surface area contributed by atoms with Gasteiger partial charge in [0, 0.05) is 0 Å². The molecule has 14 heavy (non-hydrogen) atoms. The lowest BCUT2D eigenvalue weighted by Gasteiger charge is -2.06. The number of rotatable bonds is 2. The van der Waals surface area contributed by atoms with Crippen molar-refractivity contribution in [1.29, 1.82) is 0 Å². The molecule has 0 unspecified atom stereocenters. The van der Waals surface area contributed by atoms with Crippen LogP contribution >= 0.6 is 0 Å². The Balaban J connectivity index is 3.29. The maximum Gasteiger partial charge on any atom is 0.338 e. The van der Waals surface area contributed by atoms with Gasteiger partial charge in [-0.15, -0.1) is 0 Å². The summed E-state index contributed by atoms with van der Waals surface area (Å²) in [6.45, 7) is 3.82. The standard InChI is InChI=1S/C12H14O2/c1-4-6-10-8-5-7-9(2)11(10)12(13)14-3/h4-8H,1-3H3/b6-4+. The molecule has 0 aliphatic rings. The van der Waals surface area contributed by atoms with Crippen LogP contribution < -0.4 is 0 Å². The molecule has 0 bridgehead atoms. The van der Waals surface area contributed by atoms with E-state index < -0.39 is 0 Å². The summed E-state index contributed by atoms with van der Waals surface area (Å²) in [5, 5.41) is 0. The van der Waals surface area contributed by atoms with Crippen LogP contribution in [0.25, 0.3) is 6.08 Å². The van der Waals surface area contributed by atoms with Crippen LogP contribution in [0, 0.1) is 6.92 Å². The number of ether oxygens (including phenoxy) is 1. The first-order valence-corrected chi connectivity index (χ1v) is 4.51. The molecule has 2 nitrogen and oxygen atoms in total. The van der Waals surface area contributed by atoms with E-state index >= 15 is 0 Å². The smallest absolute Gasteiger partial charge is 0.338 e. The number of hydrogen-bond donors (Lipinski definition) is 0. The van der Waals surface area contributed by atoms with Crippen molar-refractivity contribution in [1.82, 2.24) is 0 Å². The van der Waals surface area contributed by atoms with E-state index in [1.807, 2.05) is 44.2 Å². The van der Waals surface area contributed by atoms with E-state index in [0.717, 1.165) is 11.1 Å². The molecule has 2 heteroatoms. The Bertz CT molecular complexity index is 365. The molecule has 0 spiro atoms. The van der Waals surface area contributed by atoms with Gasteiger partial charge in [-0.1, -0.05) is 30.4 Å². The number of methoxy groups -OCH3 is 1. The molecule has 0 saturated heterocycles. The molecule has 0 fully saturated rings. The van der Waals surface area contributed by atoms with Gasteiger partial charge in [-0.2, -0.15) is 0 Å². The molecule has 0 aliphatic heterocycles. The van der Waals surface area contributed by atoms with Crippen LogP contribution in [0.4, 0.5) is 0 Å². The van der Waals surface area contributed by atoms with Crippen LogP contribution in [0.1, 0.15) is 28.4 Å². The largest absolute Gasteiger partial charge is 0.465 e. The molecule has 0 heterocycles. The summed E-state index contributed by atoms with van der Waals surface area (Å²) in [5.41, 5.74) is 2.49. The maximum atomic E-state index is 11.5. The highest BCUT2D eigenvalue weighted by atomic mass is 16.5. The van der Waals surface area contributed by atoms with E-state index in [9.17, 15) is 4.79 Å². The van der Waals surface area contributed by atoms with Crippen molar-refractivity contribution in [3.8, 4) is 0 Å². The lowest BCUT2D eigenvalue weighted by Crippen LogP contribution is -2.06. The minimum absolute atomic E-state index is 0.281. The first kappa shape index (κ1) is 10.5. The number of benzene rings is 1. The highest BCUT2D eigenvalue weighted by molar-refractivity contribution is 5.95. The summed E-state index contributed by atoms with van der Waals surface area (Å²) in [4.78, 5) is 11.5. The molecule has 1 aromatic rings. The lowest BCUT2D eigenvalue weighted by atomic mass is 10.0. The zero-order valence-electron chi connectivity index (χ0n) is 8.70. The van der Waals surface area contributed by atoms with Crippen molar-refractivity contribution in [2.75, 3.05) is 7.11 Å². The first-order valence-electron chi connectivity index (χ1n) is 4.51. The van der Waals surface area contributed by atoms with Crippen LogP contribution in [-0.4, -0.2) is 13.1 Å². The van der Waals surface area contributed by atoms with Crippen LogP contribution in [0.5, 0.6) is 0 Å². The van der Waals surface area contributed by atoms with Crippen LogP contribution in [0.2, 0.25) is 0 Å². The molecule has 1 rings (SSSR count). The van der Waals surface area contributed by atoms with Crippen LogP contribution in [0.3, 0.4) is 0 Å². The first-order chi connectivity index (χ1) is 6.70. The second-order valence-electron chi connectivity index (χ2n) is 3.03. The number of carbonyl (C=O) groups is 1. The van der Waals surface area contributed by atoms with E-state index in [1.165, 1.54) is 7.11 Å². The molecule has 1 aromatic carbocycles. The summed E-state index contributed by atoms with van der Waals surface area (Å²) in [6.07, 6.45) is 3.81. The SMILES string of the molecule is C/C=C/c1cccc(C)c1C(=O)OC. The van der Waals surface area contributed by atoms with E-state index in [1.54, 1.807) is 0 Å². The third kappa shape index (κ3) is 2.02. The topological polar surface area (TPSA) is 26.3 Å². The monoisotopic (exact) mass is 190 g/mol. The van der Waals surface area contributed by atoms with Crippen molar-refractivity contribution in [3.63, 3.8) is 0 Å². The Hall–Kier alpha value is -1.57. The predicted molar refractivity (Wildman–Crippen MR) is 57.2 cm³/mol. The van der Waals surface area contributed by atoms with Crippen molar-refractivity contribution in [3.05, 3.63) is 41.0 Å². The Morgan fingerprint density at radius 1 is 1.43 bits per heavy atom. The number of hydrogen-bond acceptors (Lipinski definition) is 2. The molecule has 0 atom stereocenters. The third-order valence-corrected chi connectivity index (χ3v) is 2.04. The van der Waals surface area contributed by atoms with Gasteiger partial charge in [-0.3, -0.25) is 0 Å². The second-order valence-corrected chi connectivity index (χ2v) is 3.03. The van der Waals surface area contributed by atoms with E-state index in [2.05, 4.69) is 0 Å². The fraction of sp³-hybridized carbons (Fsp3) is 0.250. The van der Waals surface area contributed by atoms with Gasteiger partial charge in [-0.05, 0) is 25.0 Å². The van der Waals surface area contributed by atoms with Gasteiger partial charge in [0.15, 0.2) is 0 Å². The highest BCUT2D eigenvalue weighted by Gasteiger charge is 2.12. The third-order valence-electron chi connectivity index (χ3n) is 2.04. The Morgan fingerprint density at radius 3 is 2.71 bits per heavy atom. The van der Waals surface area contributed by atoms with Gasteiger partial charge < -0.3 is 4.74 Å². The van der Waals surface area contributed by atoms with E-state index in [4.69, 9.17) is 4.74 Å². The number of esters is 1. The molecule has 0 amide bonds. The molecule has 0 saturated carbocycles. The van der Waals surface area contributed by atoms with Gasteiger partial charge in [-0.25, -0.2) is 4.79 Å². The van der Waals surface area contributed by atoms with Gasteiger partial charge in [0.1, 0.15) is 0 Å². The summed E-state index contributed by atoms with van der Waals surface area (Å²) < 4.78 is 4.73. The van der Waals surface area contributed by atoms with Crippen molar-refractivity contribution >= 4 is 12.0 Å². The zero-order chi connectivity index (χ0) is 10.6. The van der Waals surface area contributed by atoms with Gasteiger partial charge in [0.25, 0.3) is 0 Å².